The molecular formula is C41H47N7O9. The van der Waals surface area contributed by atoms with Crippen LogP contribution in [0.1, 0.15) is 73.1 Å². The minimum Gasteiger partial charge on any atom is -0.458 e. The van der Waals surface area contributed by atoms with Crippen LogP contribution in [0.5, 0.6) is 5.75 Å². The summed E-state index contributed by atoms with van der Waals surface area (Å²) in [4.78, 5) is 63.8. The number of cyclic esters (lactones) is 1. The fourth-order valence-electron chi connectivity index (χ4n) is 6.79. The number of esters is 1. The number of hydrogen-bond donors (Lipinski definition) is 5. The number of rotatable bonds is 13. The van der Waals surface area contributed by atoms with Crippen LogP contribution in [0, 0.1) is 0 Å². The third kappa shape index (κ3) is 8.73. The van der Waals surface area contributed by atoms with E-state index in [-0.39, 0.29) is 37.2 Å². The fraction of sp³-hybridized carbons (Fsp3) is 0.366. The van der Waals surface area contributed by atoms with E-state index in [2.05, 4.69) is 15.8 Å². The summed E-state index contributed by atoms with van der Waals surface area (Å²) >= 11 is 0. The zero-order chi connectivity index (χ0) is 41.1. The first kappa shape index (κ1) is 40.7. The van der Waals surface area contributed by atoms with Crippen LogP contribution in [0.25, 0.3) is 28.4 Å². The van der Waals surface area contributed by atoms with E-state index in [4.69, 9.17) is 24.5 Å². The van der Waals surface area contributed by atoms with Crippen LogP contribution in [0.2, 0.25) is 0 Å². The van der Waals surface area contributed by atoms with Crippen LogP contribution in [-0.4, -0.2) is 81.7 Å². The van der Waals surface area contributed by atoms with Gasteiger partial charge >= 0.3 is 12.1 Å². The van der Waals surface area contributed by atoms with Gasteiger partial charge in [0.05, 0.1) is 35.2 Å². The van der Waals surface area contributed by atoms with Crippen molar-refractivity contribution >= 4 is 41.2 Å². The number of benzene rings is 2. The average molecular weight is 782 g/mol. The topological polar surface area (TPSA) is 206 Å². The molecule has 5 N–H and O–H groups in total. The van der Waals surface area contributed by atoms with E-state index in [9.17, 15) is 24.3 Å². The Hall–Kier alpha value is -5.94. The van der Waals surface area contributed by atoms with Crippen molar-refractivity contribution in [3.63, 3.8) is 0 Å². The highest BCUT2D eigenvalue weighted by molar-refractivity contribution is 6.05. The summed E-state index contributed by atoms with van der Waals surface area (Å²) in [6.07, 6.45) is 3.77. The van der Waals surface area contributed by atoms with Gasteiger partial charge in [0.15, 0.2) is 5.60 Å². The first-order valence-corrected chi connectivity index (χ1v) is 18.5. The average Bonchev–Trinajstić information content (AvgIpc) is 3.54. The second-order valence-corrected chi connectivity index (χ2v) is 15.1. The van der Waals surface area contributed by atoms with Crippen LogP contribution >= 0.6 is 0 Å². The lowest BCUT2D eigenvalue weighted by molar-refractivity contribution is -0.172. The number of ether oxygens (including phenoxy) is 2. The number of pyridine rings is 2. The molecule has 2 aliphatic rings. The number of nitrogens with zero attached hydrogens (tertiary/aromatic N) is 4. The maximum Gasteiger partial charge on any atom is 0.412 e. The molecule has 0 aliphatic carbocycles. The van der Waals surface area contributed by atoms with Crippen LogP contribution < -0.4 is 26.4 Å². The molecule has 0 radical (unpaired) electrons. The van der Waals surface area contributed by atoms with Gasteiger partial charge in [-0.3, -0.25) is 14.8 Å². The monoisotopic (exact) mass is 781 g/mol. The molecule has 0 saturated heterocycles. The molecule has 16 heteroatoms. The number of carbonyl (C=O) groups excluding carboxylic acids is 3. The van der Waals surface area contributed by atoms with Gasteiger partial charge in [-0.1, -0.05) is 36.3 Å². The van der Waals surface area contributed by atoms with E-state index in [1.54, 1.807) is 47.5 Å². The second kappa shape index (κ2) is 16.7. The molecule has 16 nitrogen and oxygen atoms in total. The molecule has 6 rings (SSSR count). The Bertz CT molecular complexity index is 2330. The molecule has 4 heterocycles. The Balaban J connectivity index is 1.28. The molecule has 0 fully saturated rings. The van der Waals surface area contributed by atoms with Crippen LogP contribution in [0.3, 0.4) is 0 Å². The van der Waals surface area contributed by atoms with E-state index in [1.807, 2.05) is 64.0 Å². The number of aromatic nitrogens is 2. The molecule has 4 aromatic rings. The number of amides is 2. The summed E-state index contributed by atoms with van der Waals surface area (Å²) in [5.41, 5.74) is 4.25. The zero-order valence-corrected chi connectivity index (χ0v) is 32.8. The highest BCUT2D eigenvalue weighted by Gasteiger charge is 2.45. The number of carbonyl (C=O) groups is 3. The van der Waals surface area contributed by atoms with Crippen molar-refractivity contribution in [2.24, 2.45) is 5.16 Å². The molecule has 2 aliphatic heterocycles. The lowest BCUT2D eigenvalue weighted by Gasteiger charge is -2.31. The first-order chi connectivity index (χ1) is 27.1. The van der Waals surface area contributed by atoms with Crippen LogP contribution in [0.4, 0.5) is 4.79 Å². The number of oxime groups is 1. The summed E-state index contributed by atoms with van der Waals surface area (Å²) < 4.78 is 12.7. The molecule has 0 spiro atoms. The van der Waals surface area contributed by atoms with Crippen molar-refractivity contribution in [3.05, 3.63) is 97.8 Å². The lowest BCUT2D eigenvalue weighted by Crippen LogP contribution is -2.44. The Labute approximate surface area is 329 Å². The highest BCUT2D eigenvalue weighted by atomic mass is 16.6. The van der Waals surface area contributed by atoms with Crippen molar-refractivity contribution in [3.8, 4) is 17.1 Å². The van der Waals surface area contributed by atoms with Crippen molar-refractivity contribution in [2.75, 3.05) is 27.2 Å². The van der Waals surface area contributed by atoms with Gasteiger partial charge in [-0.2, -0.15) is 0 Å². The van der Waals surface area contributed by atoms with E-state index in [1.165, 1.54) is 6.08 Å². The fourth-order valence-corrected chi connectivity index (χ4v) is 6.79. The largest absolute Gasteiger partial charge is 0.458 e. The lowest BCUT2D eigenvalue weighted by atomic mass is 9.86. The van der Waals surface area contributed by atoms with Crippen molar-refractivity contribution < 1.29 is 39.0 Å². The molecule has 57 heavy (non-hydrogen) atoms. The van der Waals surface area contributed by atoms with E-state index < -0.39 is 34.7 Å². The van der Waals surface area contributed by atoms with Gasteiger partial charge in [-0.25, -0.2) is 20.1 Å². The Kier molecular flexibility index (Phi) is 11.9. The zero-order valence-electron chi connectivity index (χ0n) is 32.8. The molecule has 2 amide bonds. The number of hydrogen-bond acceptors (Lipinski definition) is 13. The summed E-state index contributed by atoms with van der Waals surface area (Å²) in [6.45, 7) is 8.79. The number of hydroxylamine groups is 1. The van der Waals surface area contributed by atoms with Gasteiger partial charge in [0.25, 0.3) is 11.5 Å². The predicted octanol–water partition coefficient (Wildman–Crippen LogP) is 3.69. The quantitative estimate of drug-likeness (QED) is 0.0290. The molecule has 2 aromatic heterocycles. The standard InChI is InChI=1S/C41H47N7O9/c1-7-41(53)30-18-32-36-27(22-48(32)37(50)29(30)23-55-38(41)51)26(20-44-57-40(2,3)4)35-28(21-47(5)6)33(14-13-31(35)45-36)56-39(52)43-17-16-42-19-25-10-8-24(9-11-25)12-15-34(49)46-54/h8-15,18,20,42,53-54H,7,16-17,19,21-23H2,1-6H3,(H,43,52)(H,46,49)/b15-12+,44-20-/t41-/m0/s1. The maximum absolute atomic E-state index is 14.0. The third-order valence-electron chi connectivity index (χ3n) is 9.56. The van der Waals surface area contributed by atoms with Crippen LogP contribution in [0.15, 0.2) is 58.5 Å². The molecule has 1 atom stereocenters. The number of nitrogens with one attached hydrogen (secondary N) is 3. The first-order valence-electron chi connectivity index (χ1n) is 18.5. The SMILES string of the molecule is CC[C@@]1(O)C(=O)OCc2c1cc1n(c2=O)Cc2c-1nc1ccc(OC(=O)NCCNCc3ccc(/C=C/C(=O)NO)cc3)c(CN(C)C)c1c2/C=N\OC(C)(C)C. The third-order valence-corrected chi connectivity index (χ3v) is 9.56. The van der Waals surface area contributed by atoms with Gasteiger partial charge in [-0.05, 0) is 76.7 Å². The molecule has 0 bridgehead atoms. The second-order valence-electron chi connectivity index (χ2n) is 15.1. The predicted molar refractivity (Wildman–Crippen MR) is 211 cm³/mol. The molecule has 0 saturated carbocycles. The summed E-state index contributed by atoms with van der Waals surface area (Å²) in [5.74, 6) is -1.10. The van der Waals surface area contributed by atoms with Gasteiger partial charge in [-0.15, -0.1) is 0 Å². The van der Waals surface area contributed by atoms with E-state index in [0.29, 0.717) is 64.4 Å². The Morgan fingerprint density at radius 2 is 1.86 bits per heavy atom. The van der Waals surface area contributed by atoms with Gasteiger partial charge in [0.2, 0.25) is 0 Å². The van der Waals surface area contributed by atoms with Crippen molar-refractivity contribution in [1.29, 1.82) is 0 Å². The Morgan fingerprint density at radius 3 is 2.54 bits per heavy atom. The normalized spacial score (nSPS) is 16.1. The van der Waals surface area contributed by atoms with Gasteiger partial charge in [0, 0.05) is 59.9 Å². The van der Waals surface area contributed by atoms with Gasteiger partial charge in [0.1, 0.15) is 18.0 Å². The van der Waals surface area contributed by atoms with Crippen molar-refractivity contribution in [1.82, 2.24) is 30.6 Å². The van der Waals surface area contributed by atoms with E-state index in [0.717, 1.165) is 11.1 Å². The smallest absolute Gasteiger partial charge is 0.412 e. The van der Waals surface area contributed by atoms with E-state index >= 15 is 0 Å². The summed E-state index contributed by atoms with van der Waals surface area (Å²) in [7, 11) is 3.79. The minimum atomic E-state index is -1.97. The van der Waals surface area contributed by atoms with Gasteiger partial charge < -0.3 is 39.5 Å². The highest BCUT2D eigenvalue weighted by Crippen LogP contribution is 2.41. The number of aliphatic hydroxyl groups is 1. The summed E-state index contributed by atoms with van der Waals surface area (Å²) in [5, 5.41) is 31.1. The minimum absolute atomic E-state index is 0.0207. The van der Waals surface area contributed by atoms with Crippen molar-refractivity contribution in [2.45, 2.75) is 71.6 Å². The van der Waals surface area contributed by atoms with Crippen LogP contribution in [-0.2, 0) is 51.0 Å². The Morgan fingerprint density at radius 1 is 1.11 bits per heavy atom. The molecular weight excluding hydrogens is 734 g/mol. The molecule has 300 valence electrons. The number of fused-ring (bicyclic) bond motifs is 5. The maximum atomic E-state index is 14.0. The molecule has 0 unspecified atom stereocenters. The summed E-state index contributed by atoms with van der Waals surface area (Å²) in [6, 6.07) is 12.6. The molecule has 2 aromatic carbocycles.